The molecular weight excluding hydrogens is 390 g/mol. The first-order valence-corrected chi connectivity index (χ1v) is 11.4. The molecule has 0 saturated carbocycles. The lowest BCUT2D eigenvalue weighted by Gasteiger charge is -2.26. The second kappa shape index (κ2) is 14.1. The lowest BCUT2D eigenvalue weighted by Crippen LogP contribution is -2.29. The van der Waals surface area contributed by atoms with Crippen molar-refractivity contribution in [1.82, 2.24) is 15.5 Å². The topological polar surface area (TPSA) is 79.9 Å². The van der Waals surface area contributed by atoms with Gasteiger partial charge >= 0.3 is 6.09 Å². The third kappa shape index (κ3) is 10.4. The Hall–Kier alpha value is -1.93. The number of nitrogens with one attached hydrogen (secondary N) is 2. The Balaban J connectivity index is 1.52. The number of hydrogen-bond donors (Lipinski definition) is 2. The molecule has 0 aliphatic carbocycles. The van der Waals surface area contributed by atoms with E-state index in [4.69, 9.17) is 4.74 Å². The second-order valence-corrected chi connectivity index (χ2v) is 8.11. The average molecular weight is 424 g/mol. The van der Waals surface area contributed by atoms with Crippen LogP contribution in [0.4, 0.5) is 4.79 Å². The maximum absolute atomic E-state index is 11.8. The van der Waals surface area contributed by atoms with Crippen molar-refractivity contribution in [2.45, 2.75) is 32.2 Å². The van der Waals surface area contributed by atoms with Crippen molar-refractivity contribution in [3.8, 4) is 5.75 Å². The van der Waals surface area contributed by atoms with Gasteiger partial charge in [-0.1, -0.05) is 18.6 Å². The molecule has 2 N–H and O–H groups in total. The van der Waals surface area contributed by atoms with Crippen LogP contribution in [0.25, 0.3) is 0 Å². The molecule has 7 nitrogen and oxygen atoms in total. The smallest absolute Gasteiger partial charge is 0.406 e. The number of rotatable bonds is 12. The van der Waals surface area contributed by atoms with Gasteiger partial charge in [0, 0.05) is 25.4 Å². The van der Waals surface area contributed by atoms with Gasteiger partial charge in [0.2, 0.25) is 5.91 Å². The maximum Gasteiger partial charge on any atom is 0.406 e. The fourth-order valence-electron chi connectivity index (χ4n) is 3.11. The van der Waals surface area contributed by atoms with E-state index in [9.17, 15) is 9.59 Å². The van der Waals surface area contributed by atoms with Gasteiger partial charge in [-0.25, -0.2) is 4.79 Å². The van der Waals surface area contributed by atoms with E-state index in [1.807, 2.05) is 12.1 Å². The summed E-state index contributed by atoms with van der Waals surface area (Å²) in [5.74, 6) is 1.93. The van der Waals surface area contributed by atoms with Crippen LogP contribution in [0, 0.1) is 0 Å². The zero-order valence-electron chi connectivity index (χ0n) is 17.3. The van der Waals surface area contributed by atoms with Crippen LogP contribution in [-0.4, -0.2) is 68.3 Å². The zero-order valence-corrected chi connectivity index (χ0v) is 18.1. The fraction of sp³-hybridized carbons (Fsp3) is 0.619. The van der Waals surface area contributed by atoms with Gasteiger partial charge in [-0.2, -0.15) is 11.8 Å². The third-order valence-corrected chi connectivity index (χ3v) is 5.56. The molecular formula is C21H33N3O4S. The lowest BCUT2D eigenvalue weighted by atomic mass is 10.1. The van der Waals surface area contributed by atoms with Crippen molar-refractivity contribution in [1.29, 1.82) is 0 Å². The van der Waals surface area contributed by atoms with Crippen LogP contribution in [-0.2, 0) is 16.1 Å². The van der Waals surface area contributed by atoms with E-state index in [0.29, 0.717) is 31.2 Å². The van der Waals surface area contributed by atoms with Crippen molar-refractivity contribution in [3.63, 3.8) is 0 Å². The molecule has 0 atom stereocenters. The van der Waals surface area contributed by atoms with Crippen LogP contribution in [0.3, 0.4) is 0 Å². The highest BCUT2D eigenvalue weighted by Crippen LogP contribution is 2.17. The van der Waals surface area contributed by atoms with Crippen molar-refractivity contribution in [3.05, 3.63) is 29.8 Å². The fourth-order valence-corrected chi connectivity index (χ4v) is 3.79. The predicted octanol–water partition coefficient (Wildman–Crippen LogP) is 2.65. The van der Waals surface area contributed by atoms with E-state index in [-0.39, 0.29) is 5.91 Å². The maximum atomic E-state index is 11.8. The van der Waals surface area contributed by atoms with Gasteiger partial charge < -0.3 is 20.1 Å². The van der Waals surface area contributed by atoms with Gasteiger partial charge in [0.1, 0.15) is 5.75 Å². The molecule has 1 aliphatic heterocycles. The Labute approximate surface area is 177 Å². The highest BCUT2D eigenvalue weighted by molar-refractivity contribution is 7.99. The number of ether oxygens (including phenoxy) is 2. The van der Waals surface area contributed by atoms with E-state index >= 15 is 0 Å². The van der Waals surface area contributed by atoms with E-state index in [0.717, 1.165) is 18.7 Å². The minimum Gasteiger partial charge on any atom is -0.494 e. The largest absolute Gasteiger partial charge is 0.494 e. The first kappa shape index (κ1) is 23.3. The number of alkyl carbamates (subject to hydrolysis) is 1. The number of benzene rings is 1. The molecule has 29 heavy (non-hydrogen) atoms. The minimum absolute atomic E-state index is 0.00315. The van der Waals surface area contributed by atoms with Crippen molar-refractivity contribution in [2.24, 2.45) is 0 Å². The summed E-state index contributed by atoms with van der Waals surface area (Å²) in [5.41, 5.74) is 1.29. The Morgan fingerprint density at radius 2 is 1.97 bits per heavy atom. The van der Waals surface area contributed by atoms with Crippen LogP contribution in [0.2, 0.25) is 0 Å². The highest BCUT2D eigenvalue weighted by Gasteiger charge is 2.10. The monoisotopic (exact) mass is 423 g/mol. The second-order valence-electron chi connectivity index (χ2n) is 7.01. The molecule has 2 amide bonds. The molecule has 0 bridgehead atoms. The SMILES string of the molecule is COC(=O)NCCSCC(=O)NCCCOc1cccc(CN2CCCCC2)c1. The molecule has 0 spiro atoms. The number of carbonyl (C=O) groups is 2. The van der Waals surface area contributed by atoms with Crippen LogP contribution in [0.1, 0.15) is 31.2 Å². The molecule has 1 aromatic rings. The van der Waals surface area contributed by atoms with E-state index in [1.54, 1.807) is 0 Å². The summed E-state index contributed by atoms with van der Waals surface area (Å²) in [4.78, 5) is 25.2. The number of likely N-dealkylation sites (tertiary alicyclic amines) is 1. The number of piperidine rings is 1. The first-order valence-electron chi connectivity index (χ1n) is 10.3. The number of hydrogen-bond acceptors (Lipinski definition) is 6. The molecule has 0 unspecified atom stereocenters. The van der Waals surface area contributed by atoms with Crippen LogP contribution in [0.5, 0.6) is 5.75 Å². The molecule has 1 saturated heterocycles. The molecule has 2 rings (SSSR count). The molecule has 162 valence electrons. The van der Waals surface area contributed by atoms with Crippen molar-refractivity contribution >= 4 is 23.8 Å². The number of methoxy groups -OCH3 is 1. The normalized spacial score (nSPS) is 14.2. The highest BCUT2D eigenvalue weighted by atomic mass is 32.2. The molecule has 1 fully saturated rings. The van der Waals surface area contributed by atoms with Crippen molar-refractivity contribution in [2.75, 3.05) is 51.4 Å². The van der Waals surface area contributed by atoms with Crippen LogP contribution < -0.4 is 15.4 Å². The Morgan fingerprint density at radius 1 is 1.14 bits per heavy atom. The molecule has 1 aromatic carbocycles. The summed E-state index contributed by atoms with van der Waals surface area (Å²) in [7, 11) is 1.33. The molecule has 0 radical (unpaired) electrons. The number of carbonyl (C=O) groups excluding carboxylic acids is 2. The van der Waals surface area contributed by atoms with Crippen LogP contribution >= 0.6 is 11.8 Å². The first-order chi connectivity index (χ1) is 14.2. The van der Waals surface area contributed by atoms with Crippen LogP contribution in [0.15, 0.2) is 24.3 Å². The van der Waals surface area contributed by atoms with Gasteiger partial charge in [0.25, 0.3) is 0 Å². The van der Waals surface area contributed by atoms with E-state index < -0.39 is 6.09 Å². The summed E-state index contributed by atoms with van der Waals surface area (Å²) >= 11 is 1.47. The zero-order chi connectivity index (χ0) is 20.7. The lowest BCUT2D eigenvalue weighted by molar-refractivity contribution is -0.118. The number of nitrogens with zero attached hydrogens (tertiary/aromatic N) is 1. The quantitative estimate of drug-likeness (QED) is 0.503. The van der Waals surface area contributed by atoms with Gasteiger partial charge in [0.15, 0.2) is 0 Å². The minimum atomic E-state index is -0.452. The molecule has 1 aliphatic rings. The summed E-state index contributed by atoms with van der Waals surface area (Å²) < 4.78 is 10.3. The predicted molar refractivity (Wildman–Crippen MR) is 116 cm³/mol. The van der Waals surface area contributed by atoms with E-state index in [1.165, 1.54) is 56.8 Å². The van der Waals surface area contributed by atoms with E-state index in [2.05, 4.69) is 32.4 Å². The standard InChI is InChI=1S/C21H33N3O4S/c1-27-21(26)23-10-14-29-17-20(25)22-9-6-13-28-19-8-5-7-18(15-19)16-24-11-3-2-4-12-24/h5,7-8,15H,2-4,6,9-14,16-17H2,1H3,(H,22,25)(H,23,26). The van der Waals surface area contributed by atoms with Gasteiger partial charge in [-0.05, 0) is 50.0 Å². The number of thioether (sulfide) groups is 1. The molecule has 0 aromatic heterocycles. The number of amides is 2. The summed E-state index contributed by atoms with van der Waals surface area (Å²) in [6, 6.07) is 8.30. The Bertz CT molecular complexity index is 624. The Morgan fingerprint density at radius 3 is 2.76 bits per heavy atom. The summed E-state index contributed by atoms with van der Waals surface area (Å²) in [6.07, 6.45) is 4.25. The average Bonchev–Trinajstić information content (AvgIpc) is 2.74. The van der Waals surface area contributed by atoms with Gasteiger partial charge in [-0.15, -0.1) is 0 Å². The molecule has 1 heterocycles. The van der Waals surface area contributed by atoms with Gasteiger partial charge in [-0.3, -0.25) is 9.69 Å². The molecule has 8 heteroatoms. The van der Waals surface area contributed by atoms with Crippen molar-refractivity contribution < 1.29 is 19.1 Å². The Kier molecular flexibility index (Phi) is 11.4. The summed E-state index contributed by atoms with van der Waals surface area (Å²) in [6.45, 7) is 5.00. The summed E-state index contributed by atoms with van der Waals surface area (Å²) in [5, 5.41) is 5.46. The van der Waals surface area contributed by atoms with Gasteiger partial charge in [0.05, 0.1) is 19.5 Å². The third-order valence-electron chi connectivity index (χ3n) is 4.60.